The molecule has 1 amide bonds. The first-order valence-electron chi connectivity index (χ1n) is 16.1. The number of amides is 1. The van der Waals surface area contributed by atoms with Crippen molar-refractivity contribution < 1.29 is 33.2 Å². The lowest BCUT2D eigenvalue weighted by molar-refractivity contribution is -0.0134. The monoisotopic (exact) mass is 663 g/mol. The van der Waals surface area contributed by atoms with Crippen molar-refractivity contribution in [3.63, 3.8) is 0 Å². The van der Waals surface area contributed by atoms with Gasteiger partial charge in [0.2, 0.25) is 0 Å². The Labute approximate surface area is 279 Å². The van der Waals surface area contributed by atoms with Crippen LogP contribution in [0.15, 0.2) is 78.9 Å². The Morgan fingerprint density at radius 3 is 1.98 bits per heavy atom. The maximum absolute atomic E-state index is 12.6. The first-order valence-corrected chi connectivity index (χ1v) is 17.2. The summed E-state index contributed by atoms with van der Waals surface area (Å²) in [5.74, 6) is 1.43. The van der Waals surface area contributed by atoms with Gasteiger partial charge in [0.05, 0.1) is 58.6 Å². The molecule has 1 aliphatic rings. The van der Waals surface area contributed by atoms with Gasteiger partial charge in [-0.2, -0.15) is 5.26 Å². The highest BCUT2D eigenvalue weighted by Gasteiger charge is 2.43. The second-order valence-corrected chi connectivity index (χ2v) is 12.8. The Kier molecular flexibility index (Phi) is 13.8. The van der Waals surface area contributed by atoms with Crippen LogP contribution in [0.25, 0.3) is 0 Å². The Morgan fingerprint density at radius 2 is 1.49 bits per heavy atom. The van der Waals surface area contributed by atoms with E-state index in [0.29, 0.717) is 17.9 Å². The molecule has 1 N–H and O–H groups in total. The predicted molar refractivity (Wildman–Crippen MR) is 182 cm³/mol. The lowest BCUT2D eigenvalue weighted by Gasteiger charge is -2.37. The van der Waals surface area contributed by atoms with Crippen molar-refractivity contribution in [2.45, 2.75) is 57.3 Å². The molecule has 11 heteroatoms. The Bertz CT molecular complexity index is 1370. The molecule has 1 saturated heterocycles. The van der Waals surface area contributed by atoms with Crippen LogP contribution in [0.2, 0.25) is 0 Å². The first kappa shape index (κ1) is 36.1. The van der Waals surface area contributed by atoms with Gasteiger partial charge in [0.1, 0.15) is 17.1 Å². The molecule has 4 rings (SSSR count). The maximum atomic E-state index is 12.6. The molecule has 0 aromatic heterocycles. The molecule has 0 radical (unpaired) electrons. The molecule has 0 aliphatic carbocycles. The summed E-state index contributed by atoms with van der Waals surface area (Å²) in [7, 11) is 1.79. The molecule has 252 valence electrons. The van der Waals surface area contributed by atoms with Crippen LogP contribution in [0.3, 0.4) is 0 Å². The normalized spacial score (nSPS) is 17.0. The molecule has 1 aliphatic heterocycles. The number of benzene rings is 3. The Hall–Kier alpha value is -3.71. The van der Waals surface area contributed by atoms with Crippen molar-refractivity contribution in [2.75, 3.05) is 47.1 Å². The van der Waals surface area contributed by atoms with E-state index < -0.39 is 32.4 Å². The standard InChI is InChI=1S/C36H46N3O7P/c1-5-22-38(23-6-2)47(45-24-10-21-37)46-34-25-31(39(26-34)35(40)41)27-44-36(28-11-8-7-9-12-28,29-13-17-32(42-3)18-14-29)30-15-19-33(43-4)20-16-30/h7-9,11-20,31,34H,5-6,10,22-27H2,1-4H3,(H,40,41)/t31-,34+,47?/m0/s1. The van der Waals surface area contributed by atoms with E-state index in [1.807, 2.05) is 78.9 Å². The molecule has 47 heavy (non-hydrogen) atoms. The van der Waals surface area contributed by atoms with E-state index in [9.17, 15) is 9.90 Å². The minimum absolute atomic E-state index is 0.111. The molecular formula is C36H46N3O7P. The van der Waals surface area contributed by atoms with Crippen molar-refractivity contribution in [1.82, 2.24) is 9.57 Å². The molecule has 1 heterocycles. The van der Waals surface area contributed by atoms with Gasteiger partial charge in [-0.15, -0.1) is 0 Å². The van der Waals surface area contributed by atoms with Gasteiger partial charge in [0.25, 0.3) is 8.53 Å². The molecular weight excluding hydrogens is 617 g/mol. The van der Waals surface area contributed by atoms with Gasteiger partial charge >= 0.3 is 6.09 Å². The SMILES string of the molecule is CCCN(CCC)P(OCCC#N)O[C@@H]1C[C@@H](COC(c2ccccc2)(c2ccc(OC)cc2)c2ccc(OC)cc2)N(C(=O)O)C1. The maximum Gasteiger partial charge on any atom is 0.407 e. The van der Waals surface area contributed by atoms with Crippen LogP contribution in [0.5, 0.6) is 11.5 Å². The summed E-state index contributed by atoms with van der Waals surface area (Å²) in [4.78, 5) is 14.0. The minimum Gasteiger partial charge on any atom is -0.497 e. The summed E-state index contributed by atoms with van der Waals surface area (Å²) in [6.45, 7) is 6.35. The molecule has 0 saturated carbocycles. The van der Waals surface area contributed by atoms with E-state index in [0.717, 1.165) is 42.6 Å². The molecule has 0 spiro atoms. The second-order valence-electron chi connectivity index (χ2n) is 11.3. The van der Waals surface area contributed by atoms with E-state index in [1.165, 1.54) is 4.90 Å². The molecule has 3 aromatic carbocycles. The van der Waals surface area contributed by atoms with E-state index in [4.69, 9.17) is 28.5 Å². The summed E-state index contributed by atoms with van der Waals surface area (Å²) < 4.78 is 32.8. The van der Waals surface area contributed by atoms with E-state index >= 15 is 0 Å². The first-order chi connectivity index (χ1) is 22.9. The third kappa shape index (κ3) is 9.01. The average molecular weight is 664 g/mol. The molecule has 1 unspecified atom stereocenters. The molecule has 10 nitrogen and oxygen atoms in total. The zero-order chi connectivity index (χ0) is 33.6. The van der Waals surface area contributed by atoms with Crippen molar-refractivity contribution in [3.05, 3.63) is 95.6 Å². The van der Waals surface area contributed by atoms with E-state index in [-0.39, 0.29) is 26.2 Å². The van der Waals surface area contributed by atoms with Crippen LogP contribution in [0.4, 0.5) is 4.79 Å². The lowest BCUT2D eigenvalue weighted by Crippen LogP contribution is -2.41. The number of ether oxygens (including phenoxy) is 3. The van der Waals surface area contributed by atoms with E-state index in [1.54, 1.807) is 14.2 Å². The van der Waals surface area contributed by atoms with Crippen molar-refractivity contribution in [3.8, 4) is 17.6 Å². The fourth-order valence-electron chi connectivity index (χ4n) is 5.90. The van der Waals surface area contributed by atoms with Crippen LogP contribution in [-0.4, -0.2) is 80.0 Å². The van der Waals surface area contributed by atoms with Crippen molar-refractivity contribution in [1.29, 1.82) is 5.26 Å². The number of carboxylic acid groups (broad SMARTS) is 1. The predicted octanol–water partition coefficient (Wildman–Crippen LogP) is 7.43. The van der Waals surface area contributed by atoms with Gasteiger partial charge < -0.3 is 33.3 Å². The number of nitriles is 1. The number of hydrogen-bond donors (Lipinski definition) is 1. The second kappa shape index (κ2) is 18.0. The number of hydrogen-bond acceptors (Lipinski definition) is 8. The van der Waals surface area contributed by atoms with E-state index in [2.05, 4.69) is 24.6 Å². The number of rotatable bonds is 18. The number of nitrogens with zero attached hydrogens (tertiary/aromatic N) is 3. The molecule has 1 fully saturated rings. The highest BCUT2D eigenvalue weighted by Crippen LogP contribution is 2.47. The zero-order valence-electron chi connectivity index (χ0n) is 27.7. The Morgan fingerprint density at radius 1 is 0.936 bits per heavy atom. The number of methoxy groups -OCH3 is 2. The Balaban J connectivity index is 1.68. The van der Waals surface area contributed by atoms with Gasteiger partial charge in [0.15, 0.2) is 0 Å². The average Bonchev–Trinajstić information content (AvgIpc) is 3.52. The molecule has 3 aromatic rings. The van der Waals surface area contributed by atoms with Crippen molar-refractivity contribution >= 4 is 14.6 Å². The summed E-state index contributed by atoms with van der Waals surface area (Å²) in [6, 6.07) is 27.1. The van der Waals surface area contributed by atoms with Crippen LogP contribution >= 0.6 is 8.53 Å². The highest BCUT2D eigenvalue weighted by molar-refractivity contribution is 7.44. The summed E-state index contributed by atoms with van der Waals surface area (Å²) in [5.41, 5.74) is 1.56. The topological polar surface area (TPSA) is 114 Å². The van der Waals surface area contributed by atoms with Gasteiger partial charge in [-0.3, -0.25) is 0 Å². The largest absolute Gasteiger partial charge is 0.497 e. The van der Waals surface area contributed by atoms with Crippen LogP contribution in [0, 0.1) is 11.3 Å². The van der Waals surface area contributed by atoms with Gasteiger partial charge in [-0.25, -0.2) is 9.46 Å². The fraction of sp³-hybridized carbons (Fsp3) is 0.444. The quantitative estimate of drug-likeness (QED) is 0.0843. The van der Waals surface area contributed by atoms with Gasteiger partial charge in [0, 0.05) is 13.1 Å². The van der Waals surface area contributed by atoms with Crippen LogP contribution in [0.1, 0.15) is 56.2 Å². The highest BCUT2D eigenvalue weighted by atomic mass is 31.2. The molecule has 3 atom stereocenters. The van der Waals surface area contributed by atoms with Gasteiger partial charge in [-0.1, -0.05) is 68.4 Å². The number of carbonyl (C=O) groups is 1. The third-order valence-corrected chi connectivity index (χ3v) is 9.88. The smallest absolute Gasteiger partial charge is 0.407 e. The summed E-state index contributed by atoms with van der Waals surface area (Å²) in [5, 5.41) is 19.4. The fourth-order valence-corrected chi connectivity index (χ4v) is 7.64. The summed E-state index contributed by atoms with van der Waals surface area (Å²) in [6.07, 6.45) is 1.12. The van der Waals surface area contributed by atoms with Crippen LogP contribution in [-0.2, 0) is 19.4 Å². The zero-order valence-corrected chi connectivity index (χ0v) is 28.6. The lowest BCUT2D eigenvalue weighted by atomic mass is 9.80. The third-order valence-electron chi connectivity index (χ3n) is 8.14. The van der Waals surface area contributed by atoms with Gasteiger partial charge in [-0.05, 0) is 60.2 Å². The van der Waals surface area contributed by atoms with Crippen LogP contribution < -0.4 is 9.47 Å². The molecule has 0 bridgehead atoms. The number of likely N-dealkylation sites (tertiary alicyclic amines) is 1. The van der Waals surface area contributed by atoms with Crippen molar-refractivity contribution in [2.24, 2.45) is 0 Å². The minimum atomic E-state index is -1.47. The summed E-state index contributed by atoms with van der Waals surface area (Å²) >= 11 is 0.